The highest BCUT2D eigenvalue weighted by atomic mass is 16.6. The van der Waals surface area contributed by atoms with Crippen molar-refractivity contribution >= 4 is 17.9 Å². The van der Waals surface area contributed by atoms with Gasteiger partial charge in [-0.3, -0.25) is 14.4 Å². The molecule has 0 bridgehead atoms. The van der Waals surface area contributed by atoms with Crippen molar-refractivity contribution in [1.82, 2.24) is 0 Å². The summed E-state index contributed by atoms with van der Waals surface area (Å²) >= 11 is 0. The van der Waals surface area contributed by atoms with Gasteiger partial charge < -0.3 is 14.2 Å². The molecule has 0 aromatic rings. The maximum Gasteiger partial charge on any atom is 0.306 e. The van der Waals surface area contributed by atoms with Gasteiger partial charge in [-0.05, 0) is 44.9 Å². The zero-order valence-electron chi connectivity index (χ0n) is 55.4. The first-order valence-corrected chi connectivity index (χ1v) is 37.2. The Labute approximate surface area is 507 Å². The fourth-order valence-electron chi connectivity index (χ4n) is 11.7. The van der Waals surface area contributed by atoms with Gasteiger partial charge in [0.25, 0.3) is 0 Å². The molecule has 0 aliphatic carbocycles. The first-order chi connectivity index (χ1) is 40.0. The lowest BCUT2D eigenvalue weighted by atomic mass is 10.0. The van der Waals surface area contributed by atoms with Crippen LogP contribution in [0.1, 0.15) is 432 Å². The lowest BCUT2D eigenvalue weighted by Gasteiger charge is -2.18. The molecule has 0 saturated carbocycles. The Morgan fingerprint density at radius 3 is 0.617 bits per heavy atom. The number of unbranched alkanes of at least 4 members (excludes halogenated alkanes) is 57. The summed E-state index contributed by atoms with van der Waals surface area (Å²) in [6.45, 7) is 6.74. The monoisotopic (exact) mass is 1140 g/mol. The average molecular weight is 1140 g/mol. The standard InChI is InChI=1S/C75H144O6/c1-4-7-10-13-16-19-22-25-28-31-34-36-37-39-41-44-47-50-53-56-59-62-65-68-74(77)80-71-72(70-79-73(76)67-64-61-58-55-52-49-46-43-40-33-30-27-24-21-18-15-12-9-6-3)81-75(78)69-66-63-60-57-54-51-48-45-42-38-35-32-29-26-23-20-17-14-11-8-5-2/h27,30,72H,4-26,28-29,31-71H2,1-3H3/b30-27-. The van der Waals surface area contributed by atoms with Gasteiger partial charge in [-0.2, -0.15) is 0 Å². The molecule has 480 valence electrons. The number of hydrogen-bond acceptors (Lipinski definition) is 6. The van der Waals surface area contributed by atoms with Crippen LogP contribution in [-0.4, -0.2) is 37.2 Å². The van der Waals surface area contributed by atoms with E-state index >= 15 is 0 Å². The van der Waals surface area contributed by atoms with E-state index in [1.54, 1.807) is 0 Å². The van der Waals surface area contributed by atoms with Crippen LogP contribution in [0, 0.1) is 0 Å². The van der Waals surface area contributed by atoms with Gasteiger partial charge in [-0.25, -0.2) is 0 Å². The molecule has 0 aliphatic rings. The van der Waals surface area contributed by atoms with Crippen molar-refractivity contribution in [3.63, 3.8) is 0 Å². The zero-order chi connectivity index (χ0) is 58.5. The van der Waals surface area contributed by atoms with Crippen molar-refractivity contribution in [2.75, 3.05) is 13.2 Å². The van der Waals surface area contributed by atoms with Crippen molar-refractivity contribution in [2.45, 2.75) is 438 Å². The maximum atomic E-state index is 13.0. The topological polar surface area (TPSA) is 78.9 Å². The first-order valence-electron chi connectivity index (χ1n) is 37.2. The molecule has 6 heteroatoms. The Morgan fingerprint density at radius 1 is 0.235 bits per heavy atom. The molecule has 0 heterocycles. The number of allylic oxidation sites excluding steroid dienone is 2. The molecule has 81 heavy (non-hydrogen) atoms. The van der Waals surface area contributed by atoms with Crippen molar-refractivity contribution in [3.8, 4) is 0 Å². The van der Waals surface area contributed by atoms with Gasteiger partial charge in [-0.15, -0.1) is 0 Å². The Hall–Kier alpha value is -1.85. The maximum absolute atomic E-state index is 13.0. The van der Waals surface area contributed by atoms with Crippen molar-refractivity contribution in [2.24, 2.45) is 0 Å². The lowest BCUT2D eigenvalue weighted by Crippen LogP contribution is -2.30. The minimum Gasteiger partial charge on any atom is -0.462 e. The van der Waals surface area contributed by atoms with Crippen molar-refractivity contribution in [1.29, 1.82) is 0 Å². The van der Waals surface area contributed by atoms with E-state index in [4.69, 9.17) is 14.2 Å². The SMILES string of the molecule is CCCCCCCC/C=C\CCCCCCCCCCCC(=O)OCC(COC(=O)CCCCCCCCCCCCCCCCCCCCCCCCC)OC(=O)CCCCCCCCCCCCCCCCCCCCCCC. The molecule has 6 nitrogen and oxygen atoms in total. The molecule has 0 rings (SSSR count). The Balaban J connectivity index is 4.27. The van der Waals surface area contributed by atoms with Crippen LogP contribution in [0.3, 0.4) is 0 Å². The molecule has 0 aromatic heterocycles. The second-order valence-electron chi connectivity index (χ2n) is 25.6. The van der Waals surface area contributed by atoms with Crippen LogP contribution in [0.4, 0.5) is 0 Å². The summed E-state index contributed by atoms with van der Waals surface area (Å²) in [6.07, 6.45) is 85.3. The highest BCUT2D eigenvalue weighted by Gasteiger charge is 2.20. The molecule has 0 fully saturated rings. The van der Waals surface area contributed by atoms with Crippen molar-refractivity contribution in [3.05, 3.63) is 12.2 Å². The average Bonchev–Trinajstić information content (AvgIpc) is 3.47. The van der Waals surface area contributed by atoms with Crippen molar-refractivity contribution < 1.29 is 28.6 Å². The number of esters is 3. The second kappa shape index (κ2) is 70.6. The minimum atomic E-state index is -0.768. The number of carbonyl (C=O) groups excluding carboxylic acids is 3. The predicted octanol–water partition coefficient (Wildman–Crippen LogP) is 25.6. The summed E-state index contributed by atoms with van der Waals surface area (Å²) in [5.74, 6) is -0.824. The molecule has 0 amide bonds. The number of ether oxygens (including phenoxy) is 3. The van der Waals surface area contributed by atoms with Gasteiger partial charge >= 0.3 is 17.9 Å². The molecular formula is C75H144O6. The molecule has 1 unspecified atom stereocenters. The highest BCUT2D eigenvalue weighted by molar-refractivity contribution is 5.71. The van der Waals surface area contributed by atoms with E-state index < -0.39 is 6.10 Å². The molecule has 0 N–H and O–H groups in total. The summed E-state index contributed by atoms with van der Waals surface area (Å²) in [7, 11) is 0. The first kappa shape index (κ1) is 79.2. The van der Waals surface area contributed by atoms with Gasteiger partial charge in [0.15, 0.2) is 6.10 Å². The molecule has 1 atom stereocenters. The predicted molar refractivity (Wildman–Crippen MR) is 353 cm³/mol. The summed E-state index contributed by atoms with van der Waals surface area (Å²) in [6, 6.07) is 0. The molecule has 0 aromatic carbocycles. The Kier molecular flexibility index (Phi) is 69.0. The normalized spacial score (nSPS) is 12.0. The number of hydrogen-bond donors (Lipinski definition) is 0. The summed E-state index contributed by atoms with van der Waals surface area (Å²) in [5.41, 5.74) is 0. The number of rotatable bonds is 70. The molecular weight excluding hydrogens is 997 g/mol. The third-order valence-corrected chi connectivity index (χ3v) is 17.3. The largest absolute Gasteiger partial charge is 0.462 e. The van der Waals surface area contributed by atoms with E-state index in [1.807, 2.05) is 0 Å². The van der Waals surface area contributed by atoms with Crippen LogP contribution in [0.2, 0.25) is 0 Å². The minimum absolute atomic E-state index is 0.0630. The van der Waals surface area contributed by atoms with E-state index in [-0.39, 0.29) is 31.1 Å². The summed E-state index contributed by atoms with van der Waals surface area (Å²) in [5, 5.41) is 0. The molecule has 0 aliphatic heterocycles. The fraction of sp³-hybridized carbons (Fsp3) is 0.933. The smallest absolute Gasteiger partial charge is 0.306 e. The Morgan fingerprint density at radius 2 is 0.407 bits per heavy atom. The second-order valence-corrected chi connectivity index (χ2v) is 25.6. The molecule has 0 radical (unpaired) electrons. The van der Waals surface area contributed by atoms with Gasteiger partial charge in [-0.1, -0.05) is 380 Å². The zero-order valence-corrected chi connectivity index (χ0v) is 55.4. The quantitative estimate of drug-likeness (QED) is 0.0261. The van der Waals surface area contributed by atoms with E-state index in [2.05, 4.69) is 32.9 Å². The van der Waals surface area contributed by atoms with E-state index in [9.17, 15) is 14.4 Å². The van der Waals surface area contributed by atoms with Gasteiger partial charge in [0, 0.05) is 19.3 Å². The molecule has 0 spiro atoms. The highest BCUT2D eigenvalue weighted by Crippen LogP contribution is 2.19. The van der Waals surface area contributed by atoms with Gasteiger partial charge in [0.2, 0.25) is 0 Å². The third kappa shape index (κ3) is 68.8. The number of carbonyl (C=O) groups is 3. The van der Waals surface area contributed by atoms with Crippen LogP contribution in [-0.2, 0) is 28.6 Å². The van der Waals surface area contributed by atoms with Crippen LogP contribution in [0.15, 0.2) is 12.2 Å². The van der Waals surface area contributed by atoms with Crippen LogP contribution in [0.5, 0.6) is 0 Å². The summed E-state index contributed by atoms with van der Waals surface area (Å²) < 4.78 is 17.1. The van der Waals surface area contributed by atoms with Crippen LogP contribution in [0.25, 0.3) is 0 Å². The van der Waals surface area contributed by atoms with Crippen LogP contribution < -0.4 is 0 Å². The van der Waals surface area contributed by atoms with E-state index in [1.165, 1.54) is 334 Å². The van der Waals surface area contributed by atoms with Crippen LogP contribution >= 0.6 is 0 Å². The summed E-state index contributed by atoms with van der Waals surface area (Å²) in [4.78, 5) is 38.5. The lowest BCUT2D eigenvalue weighted by molar-refractivity contribution is -0.167. The van der Waals surface area contributed by atoms with Gasteiger partial charge in [0.05, 0.1) is 0 Å². The Bertz CT molecular complexity index is 1260. The third-order valence-electron chi connectivity index (χ3n) is 17.3. The van der Waals surface area contributed by atoms with E-state index in [0.717, 1.165) is 57.8 Å². The molecule has 0 saturated heterocycles. The van der Waals surface area contributed by atoms with Gasteiger partial charge in [0.1, 0.15) is 13.2 Å². The van der Waals surface area contributed by atoms with E-state index in [0.29, 0.717) is 19.3 Å². The fourth-order valence-corrected chi connectivity index (χ4v) is 11.7.